The molecule has 0 unspecified atom stereocenters. The maximum absolute atomic E-state index is 6.31. The van der Waals surface area contributed by atoms with E-state index < -0.39 is 0 Å². The summed E-state index contributed by atoms with van der Waals surface area (Å²) < 4.78 is 5.76. The zero-order valence-corrected chi connectivity index (χ0v) is 14.1. The Balaban J connectivity index is 2.04. The Bertz CT molecular complexity index is 872. The molecule has 1 heterocycles. The van der Waals surface area contributed by atoms with Crippen LogP contribution in [0.1, 0.15) is 5.69 Å². The summed E-state index contributed by atoms with van der Waals surface area (Å²) in [6.45, 7) is 0.166. The standard InChI is InChI=1S/C17H14Cl2N4O/c18-12-8-4-7-11(15(12)19)14-13(22-17(21)23-16(14)20)9-24-10-5-2-1-3-6-10/h1-8H,9H2,(H4,20,21,22,23). The number of hydrogen-bond acceptors (Lipinski definition) is 5. The van der Waals surface area contributed by atoms with Gasteiger partial charge < -0.3 is 16.2 Å². The lowest BCUT2D eigenvalue weighted by atomic mass is 10.0. The maximum atomic E-state index is 6.31. The van der Waals surface area contributed by atoms with Crippen molar-refractivity contribution in [2.75, 3.05) is 11.5 Å². The van der Waals surface area contributed by atoms with E-state index >= 15 is 0 Å². The summed E-state index contributed by atoms with van der Waals surface area (Å²) in [6.07, 6.45) is 0. The van der Waals surface area contributed by atoms with Crippen LogP contribution in [0.5, 0.6) is 5.75 Å². The van der Waals surface area contributed by atoms with E-state index in [4.69, 9.17) is 39.4 Å². The Labute approximate surface area is 149 Å². The van der Waals surface area contributed by atoms with Gasteiger partial charge in [-0.3, -0.25) is 0 Å². The summed E-state index contributed by atoms with van der Waals surface area (Å²) in [5.74, 6) is 0.996. The molecule has 0 bridgehead atoms. The highest BCUT2D eigenvalue weighted by Crippen LogP contribution is 2.37. The molecule has 0 saturated heterocycles. The van der Waals surface area contributed by atoms with Gasteiger partial charge in [0.15, 0.2) is 0 Å². The predicted octanol–water partition coefficient (Wildman–Crippen LogP) is 4.19. The minimum absolute atomic E-state index is 0.0704. The largest absolute Gasteiger partial charge is 0.487 e. The Morgan fingerprint density at radius 3 is 2.42 bits per heavy atom. The first-order valence-corrected chi connectivity index (χ1v) is 7.86. The highest BCUT2D eigenvalue weighted by molar-refractivity contribution is 6.43. The second-order valence-corrected chi connectivity index (χ2v) is 5.78. The minimum atomic E-state index is 0.0704. The highest BCUT2D eigenvalue weighted by atomic mass is 35.5. The molecule has 4 N–H and O–H groups in total. The molecule has 24 heavy (non-hydrogen) atoms. The predicted molar refractivity (Wildman–Crippen MR) is 97.1 cm³/mol. The molecule has 7 heteroatoms. The van der Waals surface area contributed by atoms with E-state index in [1.807, 2.05) is 30.3 Å². The molecule has 0 spiro atoms. The highest BCUT2D eigenvalue weighted by Gasteiger charge is 2.18. The number of halogens is 2. The minimum Gasteiger partial charge on any atom is -0.487 e. The van der Waals surface area contributed by atoms with E-state index in [2.05, 4.69) is 9.97 Å². The number of nitrogens with two attached hydrogens (primary N) is 2. The molecule has 2 aromatic carbocycles. The maximum Gasteiger partial charge on any atom is 0.222 e. The molecule has 122 valence electrons. The number of benzene rings is 2. The molecule has 0 aliphatic carbocycles. The second kappa shape index (κ2) is 6.95. The van der Waals surface area contributed by atoms with E-state index in [9.17, 15) is 0 Å². The number of nitrogen functional groups attached to an aromatic ring is 2. The summed E-state index contributed by atoms with van der Waals surface area (Å²) >= 11 is 12.4. The van der Waals surface area contributed by atoms with Crippen LogP contribution in [0.2, 0.25) is 10.0 Å². The first-order valence-electron chi connectivity index (χ1n) is 7.10. The van der Waals surface area contributed by atoms with Gasteiger partial charge in [0.1, 0.15) is 18.2 Å². The lowest BCUT2D eigenvalue weighted by Gasteiger charge is -2.14. The molecule has 5 nitrogen and oxygen atoms in total. The number of para-hydroxylation sites is 1. The van der Waals surface area contributed by atoms with Crippen molar-refractivity contribution >= 4 is 35.0 Å². The van der Waals surface area contributed by atoms with E-state index in [1.165, 1.54) is 0 Å². The fourth-order valence-corrected chi connectivity index (χ4v) is 2.70. The van der Waals surface area contributed by atoms with Gasteiger partial charge in [0.05, 0.1) is 21.3 Å². The van der Waals surface area contributed by atoms with Crippen molar-refractivity contribution in [1.29, 1.82) is 0 Å². The van der Waals surface area contributed by atoms with Gasteiger partial charge >= 0.3 is 0 Å². The molecule has 0 radical (unpaired) electrons. The van der Waals surface area contributed by atoms with Gasteiger partial charge in [-0.25, -0.2) is 4.98 Å². The van der Waals surface area contributed by atoms with Gasteiger partial charge in [-0.2, -0.15) is 4.98 Å². The molecule has 1 aromatic heterocycles. The Morgan fingerprint density at radius 2 is 1.67 bits per heavy atom. The second-order valence-electron chi connectivity index (χ2n) is 4.99. The normalized spacial score (nSPS) is 10.6. The molecule has 0 aliphatic rings. The summed E-state index contributed by atoms with van der Waals surface area (Å²) in [6, 6.07) is 14.6. The van der Waals surface area contributed by atoms with Crippen LogP contribution in [0.15, 0.2) is 48.5 Å². The lowest BCUT2D eigenvalue weighted by molar-refractivity contribution is 0.302. The quantitative estimate of drug-likeness (QED) is 0.727. The third kappa shape index (κ3) is 3.37. The zero-order valence-electron chi connectivity index (χ0n) is 12.5. The summed E-state index contributed by atoms with van der Waals surface area (Å²) in [5, 5.41) is 0.792. The topological polar surface area (TPSA) is 87.0 Å². The number of ether oxygens (including phenoxy) is 1. The molecule has 0 atom stereocenters. The van der Waals surface area contributed by atoms with Gasteiger partial charge in [-0.15, -0.1) is 0 Å². The third-order valence-electron chi connectivity index (χ3n) is 3.37. The van der Waals surface area contributed by atoms with Crippen LogP contribution in [0.25, 0.3) is 11.1 Å². The Kier molecular flexibility index (Phi) is 4.74. The van der Waals surface area contributed by atoms with Crippen LogP contribution in [-0.2, 0) is 6.61 Å². The molecular weight excluding hydrogens is 347 g/mol. The summed E-state index contributed by atoms with van der Waals surface area (Å²) in [5.41, 5.74) is 13.5. The zero-order chi connectivity index (χ0) is 17.1. The number of hydrogen-bond donors (Lipinski definition) is 2. The lowest BCUT2D eigenvalue weighted by Crippen LogP contribution is -2.09. The van der Waals surface area contributed by atoms with Crippen molar-refractivity contribution in [3.05, 3.63) is 64.3 Å². The molecule has 0 fully saturated rings. The molecule has 0 amide bonds. The third-order valence-corrected chi connectivity index (χ3v) is 4.19. The molecule has 3 aromatic rings. The van der Waals surface area contributed by atoms with Crippen LogP contribution >= 0.6 is 23.2 Å². The van der Waals surface area contributed by atoms with Crippen LogP contribution in [-0.4, -0.2) is 9.97 Å². The average molecular weight is 361 g/mol. The van der Waals surface area contributed by atoms with E-state index in [-0.39, 0.29) is 18.4 Å². The monoisotopic (exact) mass is 360 g/mol. The smallest absolute Gasteiger partial charge is 0.222 e. The van der Waals surface area contributed by atoms with Gasteiger partial charge in [0.25, 0.3) is 0 Å². The Morgan fingerprint density at radius 1 is 0.917 bits per heavy atom. The van der Waals surface area contributed by atoms with Crippen molar-refractivity contribution in [2.24, 2.45) is 0 Å². The van der Waals surface area contributed by atoms with Crippen molar-refractivity contribution in [2.45, 2.75) is 6.61 Å². The van der Waals surface area contributed by atoms with Crippen molar-refractivity contribution in [1.82, 2.24) is 9.97 Å². The van der Waals surface area contributed by atoms with Gasteiger partial charge in [-0.05, 0) is 18.2 Å². The average Bonchev–Trinajstić information content (AvgIpc) is 2.57. The first-order chi connectivity index (χ1) is 11.6. The fourth-order valence-electron chi connectivity index (χ4n) is 2.31. The summed E-state index contributed by atoms with van der Waals surface area (Å²) in [4.78, 5) is 8.28. The number of aromatic nitrogens is 2. The molecular formula is C17H14Cl2N4O. The van der Waals surface area contributed by atoms with E-state index in [1.54, 1.807) is 18.2 Å². The first kappa shape index (κ1) is 16.4. The molecule has 0 saturated carbocycles. The molecule has 0 aliphatic heterocycles. The van der Waals surface area contributed by atoms with E-state index in [0.717, 1.165) is 0 Å². The number of nitrogens with zero attached hydrogens (tertiary/aromatic N) is 2. The number of rotatable bonds is 4. The fraction of sp³-hybridized carbons (Fsp3) is 0.0588. The van der Waals surface area contributed by atoms with Crippen molar-refractivity contribution in [3.8, 4) is 16.9 Å². The summed E-state index contributed by atoms with van der Waals surface area (Å²) in [7, 11) is 0. The van der Waals surface area contributed by atoms with Crippen LogP contribution < -0.4 is 16.2 Å². The van der Waals surface area contributed by atoms with E-state index in [0.29, 0.717) is 32.6 Å². The van der Waals surface area contributed by atoms with Gasteiger partial charge in [0.2, 0.25) is 5.95 Å². The van der Waals surface area contributed by atoms with Gasteiger partial charge in [0, 0.05) is 5.56 Å². The SMILES string of the molecule is Nc1nc(N)c(-c2cccc(Cl)c2Cl)c(COc2ccccc2)n1. The van der Waals surface area contributed by atoms with Crippen LogP contribution in [0.4, 0.5) is 11.8 Å². The van der Waals surface area contributed by atoms with Crippen molar-refractivity contribution < 1.29 is 4.74 Å². The van der Waals surface area contributed by atoms with Crippen LogP contribution in [0, 0.1) is 0 Å². The number of anilines is 2. The van der Waals surface area contributed by atoms with Crippen molar-refractivity contribution in [3.63, 3.8) is 0 Å². The Hall–Kier alpha value is -2.50. The molecule has 3 rings (SSSR count). The van der Waals surface area contributed by atoms with Gasteiger partial charge in [-0.1, -0.05) is 53.5 Å². The van der Waals surface area contributed by atoms with Crippen LogP contribution in [0.3, 0.4) is 0 Å².